The molecule has 0 fully saturated rings. The highest BCUT2D eigenvalue weighted by Gasteiger charge is 2.13. The van der Waals surface area contributed by atoms with Gasteiger partial charge in [-0.2, -0.15) is 0 Å². The van der Waals surface area contributed by atoms with Crippen LogP contribution in [0.3, 0.4) is 0 Å². The van der Waals surface area contributed by atoms with Gasteiger partial charge in [-0.3, -0.25) is 4.79 Å². The Morgan fingerprint density at radius 1 is 1.24 bits per heavy atom. The number of methoxy groups -OCH3 is 1. The monoisotopic (exact) mass is 349 g/mol. The second-order valence-electron chi connectivity index (χ2n) is 4.23. The third kappa shape index (κ3) is 3.76. The van der Waals surface area contributed by atoms with E-state index in [0.29, 0.717) is 33.8 Å². The first-order valence-electron chi connectivity index (χ1n) is 6.52. The van der Waals surface area contributed by atoms with Gasteiger partial charge >= 0.3 is 0 Å². The Balaban J connectivity index is 2.26. The van der Waals surface area contributed by atoms with Crippen LogP contribution in [0.15, 0.2) is 46.9 Å². The topological polar surface area (TPSA) is 47.6 Å². The lowest BCUT2D eigenvalue weighted by molar-refractivity contribution is 0.102. The number of amides is 1. The van der Waals surface area contributed by atoms with Crippen LogP contribution >= 0.6 is 15.9 Å². The number of hydrogen-bond acceptors (Lipinski definition) is 3. The molecule has 0 aliphatic rings. The fourth-order valence-corrected chi connectivity index (χ4v) is 2.27. The summed E-state index contributed by atoms with van der Waals surface area (Å²) in [4.78, 5) is 12.4. The van der Waals surface area contributed by atoms with Gasteiger partial charge in [-0.05, 0) is 53.2 Å². The van der Waals surface area contributed by atoms with E-state index in [1.54, 1.807) is 31.4 Å². The predicted molar refractivity (Wildman–Crippen MR) is 86.3 cm³/mol. The number of ether oxygens (including phenoxy) is 2. The summed E-state index contributed by atoms with van der Waals surface area (Å²) in [6.07, 6.45) is 0. The normalized spacial score (nSPS) is 10.0. The van der Waals surface area contributed by atoms with Crippen LogP contribution in [0.4, 0.5) is 5.69 Å². The molecule has 0 aliphatic carbocycles. The van der Waals surface area contributed by atoms with Crippen molar-refractivity contribution in [2.24, 2.45) is 0 Å². The van der Waals surface area contributed by atoms with Crippen molar-refractivity contribution in [2.75, 3.05) is 19.0 Å². The Morgan fingerprint density at radius 2 is 2.00 bits per heavy atom. The molecule has 0 saturated carbocycles. The third-order valence-electron chi connectivity index (χ3n) is 2.85. The van der Waals surface area contributed by atoms with Crippen LogP contribution in [0.25, 0.3) is 0 Å². The molecular weight excluding hydrogens is 334 g/mol. The van der Waals surface area contributed by atoms with Gasteiger partial charge in [0.2, 0.25) is 0 Å². The fraction of sp³-hybridized carbons (Fsp3) is 0.188. The molecule has 2 rings (SSSR count). The van der Waals surface area contributed by atoms with Crippen molar-refractivity contribution in [3.05, 3.63) is 52.5 Å². The van der Waals surface area contributed by atoms with Crippen LogP contribution in [0.5, 0.6) is 11.5 Å². The summed E-state index contributed by atoms with van der Waals surface area (Å²) >= 11 is 3.38. The lowest BCUT2D eigenvalue weighted by Crippen LogP contribution is -2.13. The molecule has 1 N–H and O–H groups in total. The maximum Gasteiger partial charge on any atom is 0.257 e. The number of para-hydroxylation sites is 2. The molecule has 110 valence electrons. The minimum Gasteiger partial charge on any atom is -0.497 e. The summed E-state index contributed by atoms with van der Waals surface area (Å²) in [6, 6.07) is 12.6. The van der Waals surface area contributed by atoms with E-state index in [-0.39, 0.29) is 5.91 Å². The molecule has 0 bridgehead atoms. The second-order valence-corrected chi connectivity index (χ2v) is 5.08. The number of carbonyl (C=O) groups is 1. The van der Waals surface area contributed by atoms with Crippen molar-refractivity contribution < 1.29 is 14.3 Å². The zero-order chi connectivity index (χ0) is 15.2. The maximum atomic E-state index is 12.4. The van der Waals surface area contributed by atoms with Gasteiger partial charge in [0.15, 0.2) is 0 Å². The van der Waals surface area contributed by atoms with Crippen LogP contribution in [0.2, 0.25) is 0 Å². The van der Waals surface area contributed by atoms with E-state index in [0.717, 1.165) is 0 Å². The molecule has 0 atom stereocenters. The highest BCUT2D eigenvalue weighted by atomic mass is 79.9. The largest absolute Gasteiger partial charge is 0.497 e. The molecule has 5 heteroatoms. The van der Waals surface area contributed by atoms with Gasteiger partial charge in [-0.1, -0.05) is 12.1 Å². The quantitative estimate of drug-likeness (QED) is 0.883. The Labute approximate surface area is 132 Å². The van der Waals surface area contributed by atoms with Crippen LogP contribution in [-0.2, 0) is 0 Å². The molecule has 2 aromatic carbocycles. The number of carbonyl (C=O) groups excluding carboxylic acids is 1. The number of rotatable bonds is 5. The summed E-state index contributed by atoms with van der Waals surface area (Å²) in [6.45, 7) is 2.44. The zero-order valence-electron chi connectivity index (χ0n) is 11.9. The van der Waals surface area contributed by atoms with Gasteiger partial charge in [0, 0.05) is 4.47 Å². The highest BCUT2D eigenvalue weighted by molar-refractivity contribution is 9.10. The number of nitrogens with one attached hydrogen (secondary N) is 1. The summed E-state index contributed by atoms with van der Waals surface area (Å²) < 4.78 is 11.3. The molecular formula is C16H16BrNO3. The van der Waals surface area contributed by atoms with Crippen molar-refractivity contribution in [2.45, 2.75) is 6.92 Å². The molecule has 0 spiro atoms. The van der Waals surface area contributed by atoms with Crippen LogP contribution in [-0.4, -0.2) is 19.6 Å². The number of hydrogen-bond donors (Lipinski definition) is 1. The molecule has 1 amide bonds. The first-order chi connectivity index (χ1) is 10.2. The van der Waals surface area contributed by atoms with E-state index in [1.165, 1.54) is 0 Å². The first kappa shape index (κ1) is 15.4. The predicted octanol–water partition coefficient (Wildman–Crippen LogP) is 4.11. The van der Waals surface area contributed by atoms with E-state index in [1.807, 2.05) is 25.1 Å². The highest BCUT2D eigenvalue weighted by Crippen LogP contribution is 2.27. The van der Waals surface area contributed by atoms with Gasteiger partial charge in [0.05, 0.1) is 25.0 Å². The SMILES string of the molecule is CCOc1ccccc1NC(=O)c1cc(OC)ccc1Br. The summed E-state index contributed by atoms with van der Waals surface area (Å²) in [5.41, 5.74) is 1.14. The Morgan fingerprint density at radius 3 is 2.71 bits per heavy atom. The maximum absolute atomic E-state index is 12.4. The summed E-state index contributed by atoms with van der Waals surface area (Å²) in [7, 11) is 1.56. The van der Waals surface area contributed by atoms with Crippen molar-refractivity contribution in [1.82, 2.24) is 0 Å². The van der Waals surface area contributed by atoms with E-state index in [9.17, 15) is 4.79 Å². The molecule has 0 aromatic heterocycles. The lowest BCUT2D eigenvalue weighted by atomic mass is 10.2. The van der Waals surface area contributed by atoms with Gasteiger partial charge < -0.3 is 14.8 Å². The first-order valence-corrected chi connectivity index (χ1v) is 7.31. The van der Waals surface area contributed by atoms with E-state index >= 15 is 0 Å². The van der Waals surface area contributed by atoms with Crippen molar-refractivity contribution in [1.29, 1.82) is 0 Å². The van der Waals surface area contributed by atoms with Crippen molar-refractivity contribution >= 4 is 27.5 Å². The molecule has 21 heavy (non-hydrogen) atoms. The Bertz CT molecular complexity index is 643. The van der Waals surface area contributed by atoms with Gasteiger partial charge in [-0.25, -0.2) is 0 Å². The summed E-state index contributed by atoms with van der Waals surface area (Å²) in [5.74, 6) is 1.04. The van der Waals surface area contributed by atoms with Crippen LogP contribution < -0.4 is 14.8 Å². The zero-order valence-corrected chi connectivity index (χ0v) is 13.4. The molecule has 2 aromatic rings. The van der Waals surface area contributed by atoms with Crippen LogP contribution in [0, 0.1) is 0 Å². The molecule has 0 saturated heterocycles. The van der Waals surface area contributed by atoms with Gasteiger partial charge in [-0.15, -0.1) is 0 Å². The Kier molecular flexibility index (Phi) is 5.22. The minimum absolute atomic E-state index is 0.229. The van der Waals surface area contributed by atoms with Gasteiger partial charge in [0.1, 0.15) is 11.5 Å². The average Bonchev–Trinajstić information content (AvgIpc) is 2.50. The lowest BCUT2D eigenvalue weighted by Gasteiger charge is -2.12. The molecule has 0 heterocycles. The van der Waals surface area contributed by atoms with Crippen molar-refractivity contribution in [3.8, 4) is 11.5 Å². The van der Waals surface area contributed by atoms with E-state index in [4.69, 9.17) is 9.47 Å². The standard InChI is InChI=1S/C16H16BrNO3/c1-3-21-15-7-5-4-6-14(15)18-16(19)12-10-11(20-2)8-9-13(12)17/h4-10H,3H2,1-2H3,(H,18,19). The molecule has 4 nitrogen and oxygen atoms in total. The van der Waals surface area contributed by atoms with E-state index in [2.05, 4.69) is 21.2 Å². The molecule has 0 unspecified atom stereocenters. The number of anilines is 1. The average molecular weight is 350 g/mol. The number of benzene rings is 2. The van der Waals surface area contributed by atoms with E-state index < -0.39 is 0 Å². The second kappa shape index (κ2) is 7.13. The third-order valence-corrected chi connectivity index (χ3v) is 3.54. The molecule has 0 aliphatic heterocycles. The minimum atomic E-state index is -0.229. The summed E-state index contributed by atoms with van der Waals surface area (Å²) in [5, 5.41) is 2.85. The Hall–Kier alpha value is -2.01. The smallest absolute Gasteiger partial charge is 0.257 e. The number of halogens is 1. The van der Waals surface area contributed by atoms with Crippen molar-refractivity contribution in [3.63, 3.8) is 0 Å². The van der Waals surface area contributed by atoms with Gasteiger partial charge in [0.25, 0.3) is 5.91 Å². The fourth-order valence-electron chi connectivity index (χ4n) is 1.85. The molecule has 0 radical (unpaired) electrons. The van der Waals surface area contributed by atoms with Crippen LogP contribution in [0.1, 0.15) is 17.3 Å².